The van der Waals surface area contributed by atoms with Crippen LogP contribution in [0.25, 0.3) is 0 Å². The average Bonchev–Trinajstić information content (AvgIpc) is 3.16. The van der Waals surface area contributed by atoms with Crippen molar-refractivity contribution in [3.63, 3.8) is 0 Å². The zero-order valence-corrected chi connectivity index (χ0v) is 15.5. The first kappa shape index (κ1) is 19.0. The van der Waals surface area contributed by atoms with Crippen molar-refractivity contribution in [1.82, 2.24) is 10.2 Å². The van der Waals surface area contributed by atoms with Crippen LogP contribution in [0.15, 0.2) is 0 Å². The predicted molar refractivity (Wildman–Crippen MR) is 85.4 cm³/mol. The van der Waals surface area contributed by atoms with Gasteiger partial charge in [-0.1, -0.05) is 34.6 Å². The summed E-state index contributed by atoms with van der Waals surface area (Å²) in [4.78, 5) is 37.8. The van der Waals surface area contributed by atoms with Gasteiger partial charge in [-0.25, -0.2) is 0 Å². The number of likely N-dealkylation sites (tertiary alicyclic amines) is 1. The summed E-state index contributed by atoms with van der Waals surface area (Å²) in [7, 11) is 0. The van der Waals surface area contributed by atoms with E-state index in [4.69, 9.17) is 5.73 Å². The molecule has 1 saturated heterocycles. The molecule has 9 heteroatoms. The number of hydrogen-bond donors (Lipinski definition) is 2. The van der Waals surface area contributed by atoms with E-state index >= 15 is 0 Å². The summed E-state index contributed by atoms with van der Waals surface area (Å²) in [5, 5.41) is 1.80. The van der Waals surface area contributed by atoms with Crippen molar-refractivity contribution in [2.45, 2.75) is 59.3 Å². The van der Waals surface area contributed by atoms with Gasteiger partial charge in [-0.15, -0.1) is 0 Å². The molecule has 146 valence electrons. The van der Waals surface area contributed by atoms with Crippen molar-refractivity contribution in [3.8, 4) is 0 Å². The lowest BCUT2D eigenvalue weighted by Crippen LogP contribution is -2.62. The third-order valence-electron chi connectivity index (χ3n) is 6.98. The summed E-state index contributed by atoms with van der Waals surface area (Å²) in [6.45, 7) is 8.99. The van der Waals surface area contributed by atoms with Crippen molar-refractivity contribution in [3.05, 3.63) is 0 Å². The van der Waals surface area contributed by atoms with Gasteiger partial charge in [-0.2, -0.15) is 13.2 Å². The monoisotopic (exact) mass is 375 g/mol. The fourth-order valence-corrected chi connectivity index (χ4v) is 5.33. The molecule has 3 fully saturated rings. The Hall–Kier alpha value is -1.80. The molecule has 1 heterocycles. The van der Waals surface area contributed by atoms with Crippen LogP contribution in [0.2, 0.25) is 0 Å². The summed E-state index contributed by atoms with van der Waals surface area (Å²) < 4.78 is 38.0. The van der Waals surface area contributed by atoms with Crippen molar-refractivity contribution in [2.24, 2.45) is 27.4 Å². The quantitative estimate of drug-likeness (QED) is 0.776. The topological polar surface area (TPSA) is 92.5 Å². The minimum atomic E-state index is -5.10. The highest BCUT2D eigenvalue weighted by Gasteiger charge is 3.01. The Morgan fingerprint density at radius 2 is 1.73 bits per heavy atom. The van der Waals surface area contributed by atoms with Gasteiger partial charge in [0.05, 0.1) is 0 Å². The number of nitrogens with zero attached hydrogens (tertiary/aromatic N) is 1. The van der Waals surface area contributed by atoms with Gasteiger partial charge in [0.2, 0.25) is 11.8 Å². The van der Waals surface area contributed by atoms with Gasteiger partial charge in [0, 0.05) is 17.4 Å². The Balaban J connectivity index is 1.87. The lowest BCUT2D eigenvalue weighted by Gasteiger charge is -2.42. The number of primary amides is 1. The maximum absolute atomic E-state index is 13.0. The van der Waals surface area contributed by atoms with Crippen molar-refractivity contribution < 1.29 is 27.6 Å². The zero-order chi connectivity index (χ0) is 20.1. The number of nitrogens with one attached hydrogen (secondary N) is 1. The molecule has 0 aromatic heterocycles. The normalized spacial score (nSPS) is 35.2. The first-order chi connectivity index (χ1) is 11.5. The highest BCUT2D eigenvalue weighted by Crippen LogP contribution is 3.00. The molecule has 0 radical (unpaired) electrons. The minimum absolute atomic E-state index is 0.122. The molecule has 0 spiro atoms. The number of hydrogen-bond acceptors (Lipinski definition) is 3. The van der Waals surface area contributed by atoms with Gasteiger partial charge in [-0.05, 0) is 17.3 Å². The van der Waals surface area contributed by atoms with Crippen molar-refractivity contribution in [1.29, 1.82) is 0 Å². The molecule has 4 atom stereocenters. The van der Waals surface area contributed by atoms with Crippen LogP contribution in [-0.2, 0) is 14.4 Å². The summed E-state index contributed by atoms with van der Waals surface area (Å²) in [6.07, 6.45) is -4.30. The Labute approximate surface area is 149 Å². The maximum Gasteiger partial charge on any atom is 0.471 e. The lowest BCUT2D eigenvalue weighted by atomic mass is 9.79. The Kier molecular flexibility index (Phi) is 3.45. The summed E-state index contributed by atoms with van der Waals surface area (Å²) in [6, 6.07) is -2.26. The number of nitrogens with two attached hydrogens (primary N) is 1. The van der Waals surface area contributed by atoms with E-state index < -0.39 is 41.4 Å². The van der Waals surface area contributed by atoms with Crippen molar-refractivity contribution >= 4 is 17.7 Å². The summed E-state index contributed by atoms with van der Waals surface area (Å²) in [5.41, 5.74) is 3.89. The van der Waals surface area contributed by atoms with Crippen LogP contribution in [0.3, 0.4) is 0 Å². The maximum atomic E-state index is 13.0. The van der Waals surface area contributed by atoms with E-state index in [0.717, 1.165) is 6.42 Å². The third-order valence-corrected chi connectivity index (χ3v) is 6.98. The second-order valence-electron chi connectivity index (χ2n) is 9.40. The molecule has 3 rings (SSSR count). The van der Waals surface area contributed by atoms with Crippen LogP contribution in [0.1, 0.15) is 41.0 Å². The van der Waals surface area contributed by atoms with Crippen LogP contribution >= 0.6 is 0 Å². The Morgan fingerprint density at radius 3 is 2.12 bits per heavy atom. The van der Waals surface area contributed by atoms with Gasteiger partial charge >= 0.3 is 12.1 Å². The van der Waals surface area contributed by atoms with Gasteiger partial charge in [-0.3, -0.25) is 14.4 Å². The van der Waals surface area contributed by atoms with Gasteiger partial charge in [0.15, 0.2) is 0 Å². The second-order valence-corrected chi connectivity index (χ2v) is 9.40. The van der Waals surface area contributed by atoms with E-state index in [2.05, 4.69) is 0 Å². The number of carbonyl (C=O) groups is 3. The molecular formula is C17H24F3N3O3. The van der Waals surface area contributed by atoms with Gasteiger partial charge < -0.3 is 16.0 Å². The first-order valence-corrected chi connectivity index (χ1v) is 8.52. The molecule has 0 aromatic rings. The van der Waals surface area contributed by atoms with E-state index in [9.17, 15) is 27.6 Å². The molecule has 3 aliphatic rings. The second kappa shape index (κ2) is 4.72. The van der Waals surface area contributed by atoms with Gasteiger partial charge in [0.25, 0.3) is 0 Å². The Bertz CT molecular complexity index is 712. The number of carbonyl (C=O) groups excluding carboxylic acids is 3. The average molecular weight is 375 g/mol. The van der Waals surface area contributed by atoms with E-state index in [1.54, 1.807) is 26.1 Å². The molecule has 26 heavy (non-hydrogen) atoms. The van der Waals surface area contributed by atoms with Crippen molar-refractivity contribution in [2.75, 3.05) is 6.54 Å². The number of rotatable bonds is 3. The molecule has 1 aliphatic heterocycles. The fourth-order valence-electron chi connectivity index (χ4n) is 5.33. The lowest BCUT2D eigenvalue weighted by molar-refractivity contribution is -0.176. The largest absolute Gasteiger partial charge is 0.471 e. The van der Waals surface area contributed by atoms with E-state index in [1.165, 1.54) is 4.90 Å². The zero-order valence-electron chi connectivity index (χ0n) is 15.5. The Morgan fingerprint density at radius 1 is 1.19 bits per heavy atom. The molecular weight excluding hydrogens is 351 g/mol. The number of piperidine rings is 2. The molecule has 2 unspecified atom stereocenters. The smallest absolute Gasteiger partial charge is 0.368 e. The standard InChI is InChI=1S/C17H24F3N3O3/c1-13(2,3)8(22-12(26)17(18,19)20)11(25)23-7-15-6-16(15,14(15,4)5)9(23)10(21)24/h8-9H,6-7H2,1-5H3,(H2,21,24)(H,22,26)/t8-,9-,15?,16?/m1/s1. The SMILES string of the molecule is CC(C)(C)[C@H](NC(=O)C(F)(F)F)C(=O)N1CC23CC2([C@H]1C(N)=O)C3(C)C. The predicted octanol–water partition coefficient (Wildman–Crippen LogP) is 1.19. The third kappa shape index (κ3) is 2.02. The van der Waals surface area contributed by atoms with Crippen LogP contribution in [0, 0.1) is 21.7 Å². The van der Waals surface area contributed by atoms with E-state index in [-0.39, 0.29) is 22.8 Å². The molecule has 0 aromatic carbocycles. The molecule has 6 nitrogen and oxygen atoms in total. The molecule has 2 aliphatic carbocycles. The first-order valence-electron chi connectivity index (χ1n) is 8.52. The van der Waals surface area contributed by atoms with Crippen LogP contribution < -0.4 is 11.1 Å². The number of alkyl halides is 3. The summed E-state index contributed by atoms with van der Waals surface area (Å²) in [5.74, 6) is -3.52. The highest BCUT2D eigenvalue weighted by molar-refractivity contribution is 5.96. The fraction of sp³-hybridized carbons (Fsp3) is 0.824. The van der Waals surface area contributed by atoms with Crippen LogP contribution in [0.4, 0.5) is 13.2 Å². The molecule has 3 amide bonds. The molecule has 2 saturated carbocycles. The van der Waals surface area contributed by atoms with E-state index in [1.807, 2.05) is 13.8 Å². The molecule has 3 N–H and O–H groups in total. The summed E-state index contributed by atoms with van der Waals surface area (Å²) >= 11 is 0. The number of amides is 3. The number of halogens is 3. The van der Waals surface area contributed by atoms with Crippen LogP contribution in [0.5, 0.6) is 0 Å². The van der Waals surface area contributed by atoms with E-state index in [0.29, 0.717) is 0 Å². The molecule has 0 bridgehead atoms. The minimum Gasteiger partial charge on any atom is -0.368 e. The highest BCUT2D eigenvalue weighted by atomic mass is 19.4. The van der Waals surface area contributed by atoms with Gasteiger partial charge in [0.1, 0.15) is 12.1 Å². The van der Waals surface area contributed by atoms with Crippen LogP contribution in [-0.4, -0.2) is 47.4 Å².